The number of aromatic nitrogens is 1. The maximum absolute atomic E-state index is 11.7. The van der Waals surface area contributed by atoms with Crippen LogP contribution in [-0.4, -0.2) is 29.4 Å². The van der Waals surface area contributed by atoms with Crippen molar-refractivity contribution in [3.63, 3.8) is 0 Å². The lowest BCUT2D eigenvalue weighted by molar-refractivity contribution is -0.124. The van der Waals surface area contributed by atoms with Crippen molar-refractivity contribution in [3.8, 4) is 0 Å². The van der Waals surface area contributed by atoms with Crippen molar-refractivity contribution in [1.82, 2.24) is 10.3 Å². The van der Waals surface area contributed by atoms with Crippen molar-refractivity contribution in [2.24, 2.45) is 11.7 Å². The van der Waals surface area contributed by atoms with Crippen molar-refractivity contribution >= 4 is 17.5 Å². The number of rotatable bonds is 5. The number of anilines is 1. The van der Waals surface area contributed by atoms with Crippen LogP contribution in [0.25, 0.3) is 0 Å². The largest absolute Gasteiger partial charge is 0.347 e. The van der Waals surface area contributed by atoms with Gasteiger partial charge in [-0.2, -0.15) is 0 Å². The Labute approximate surface area is 118 Å². The van der Waals surface area contributed by atoms with Gasteiger partial charge in [0.05, 0.1) is 18.4 Å². The molecule has 2 amide bonds. The molecule has 2 rings (SSSR count). The van der Waals surface area contributed by atoms with Gasteiger partial charge in [-0.05, 0) is 30.9 Å². The van der Waals surface area contributed by atoms with E-state index in [1.165, 1.54) is 0 Å². The SMILES string of the molecule is N[C@@H]1CCC[C@H]1CC(=O)NCC(=O)Nc1cccnc1. The van der Waals surface area contributed by atoms with E-state index < -0.39 is 0 Å². The Morgan fingerprint density at radius 1 is 1.35 bits per heavy atom. The molecule has 0 aromatic carbocycles. The van der Waals surface area contributed by atoms with Crippen LogP contribution in [-0.2, 0) is 9.59 Å². The first-order chi connectivity index (χ1) is 9.65. The first kappa shape index (κ1) is 14.5. The molecule has 108 valence electrons. The van der Waals surface area contributed by atoms with E-state index in [1.807, 2.05) is 0 Å². The highest BCUT2D eigenvalue weighted by Crippen LogP contribution is 2.26. The molecule has 6 heteroatoms. The molecule has 6 nitrogen and oxygen atoms in total. The molecule has 0 bridgehead atoms. The summed E-state index contributed by atoms with van der Waals surface area (Å²) in [6.45, 7) is -0.0321. The van der Waals surface area contributed by atoms with Crippen molar-refractivity contribution in [3.05, 3.63) is 24.5 Å². The highest BCUT2D eigenvalue weighted by Gasteiger charge is 2.25. The predicted molar refractivity (Wildman–Crippen MR) is 75.8 cm³/mol. The van der Waals surface area contributed by atoms with Gasteiger partial charge in [-0.3, -0.25) is 14.6 Å². The molecule has 0 aliphatic heterocycles. The van der Waals surface area contributed by atoms with Crippen LogP contribution in [0.3, 0.4) is 0 Å². The second-order valence-corrected chi connectivity index (χ2v) is 5.13. The molecule has 20 heavy (non-hydrogen) atoms. The fourth-order valence-corrected chi connectivity index (χ4v) is 2.45. The third kappa shape index (κ3) is 4.31. The zero-order valence-electron chi connectivity index (χ0n) is 11.3. The number of carbonyl (C=O) groups excluding carboxylic acids is 2. The molecule has 1 heterocycles. The van der Waals surface area contributed by atoms with Crippen molar-refractivity contribution in [2.45, 2.75) is 31.7 Å². The molecule has 1 aliphatic carbocycles. The lowest BCUT2D eigenvalue weighted by Gasteiger charge is -2.14. The Balaban J connectivity index is 1.69. The van der Waals surface area contributed by atoms with E-state index in [9.17, 15) is 9.59 Å². The summed E-state index contributed by atoms with van der Waals surface area (Å²) in [7, 11) is 0. The van der Waals surface area contributed by atoms with Gasteiger partial charge in [0.25, 0.3) is 0 Å². The molecule has 0 spiro atoms. The van der Waals surface area contributed by atoms with E-state index in [-0.39, 0.29) is 30.3 Å². The number of nitrogens with two attached hydrogens (primary N) is 1. The summed E-state index contributed by atoms with van der Waals surface area (Å²) in [5.74, 6) is -0.132. The van der Waals surface area contributed by atoms with Crippen molar-refractivity contribution in [1.29, 1.82) is 0 Å². The minimum Gasteiger partial charge on any atom is -0.347 e. The standard InChI is InChI=1S/C14H20N4O2/c15-12-5-1-3-10(12)7-13(19)17-9-14(20)18-11-4-2-6-16-8-11/h2,4,6,8,10,12H,1,3,5,7,9,15H2,(H,17,19)(H,18,20)/t10-,12+/m0/s1. The van der Waals surface area contributed by atoms with Crippen molar-refractivity contribution < 1.29 is 9.59 Å². The van der Waals surface area contributed by atoms with Gasteiger partial charge < -0.3 is 16.4 Å². The highest BCUT2D eigenvalue weighted by atomic mass is 16.2. The summed E-state index contributed by atoms with van der Waals surface area (Å²) < 4.78 is 0. The average molecular weight is 276 g/mol. The van der Waals surface area contributed by atoms with E-state index in [0.29, 0.717) is 12.1 Å². The van der Waals surface area contributed by atoms with Gasteiger partial charge in [-0.1, -0.05) is 6.42 Å². The Kier molecular flexibility index (Phi) is 5.06. The maximum Gasteiger partial charge on any atom is 0.243 e. The number of hydrogen-bond acceptors (Lipinski definition) is 4. The third-order valence-electron chi connectivity index (χ3n) is 3.56. The van der Waals surface area contributed by atoms with E-state index in [4.69, 9.17) is 5.73 Å². The smallest absolute Gasteiger partial charge is 0.243 e. The van der Waals surface area contributed by atoms with Crippen molar-refractivity contribution in [2.75, 3.05) is 11.9 Å². The first-order valence-electron chi connectivity index (χ1n) is 6.87. The average Bonchev–Trinajstić information content (AvgIpc) is 2.83. The number of amides is 2. The van der Waals surface area contributed by atoms with Gasteiger partial charge in [-0.25, -0.2) is 0 Å². The third-order valence-corrected chi connectivity index (χ3v) is 3.56. The summed E-state index contributed by atoms with van der Waals surface area (Å²) in [5.41, 5.74) is 6.53. The number of nitrogens with one attached hydrogen (secondary N) is 2. The summed E-state index contributed by atoms with van der Waals surface area (Å²) >= 11 is 0. The second kappa shape index (κ2) is 7.00. The molecular weight excluding hydrogens is 256 g/mol. The van der Waals surface area contributed by atoms with E-state index in [1.54, 1.807) is 24.5 Å². The van der Waals surface area contributed by atoms with Gasteiger partial charge in [0.2, 0.25) is 11.8 Å². The minimum absolute atomic E-state index is 0.0321. The Morgan fingerprint density at radius 2 is 2.20 bits per heavy atom. The van der Waals surface area contributed by atoms with Crippen LogP contribution in [0.4, 0.5) is 5.69 Å². The number of nitrogens with zero attached hydrogens (tertiary/aromatic N) is 1. The summed E-state index contributed by atoms with van der Waals surface area (Å²) in [6, 6.07) is 3.59. The Bertz CT molecular complexity index is 464. The number of pyridine rings is 1. The van der Waals surface area contributed by atoms with Crippen LogP contribution in [0.15, 0.2) is 24.5 Å². The molecule has 1 aliphatic rings. The van der Waals surface area contributed by atoms with E-state index in [2.05, 4.69) is 15.6 Å². The maximum atomic E-state index is 11.7. The summed E-state index contributed by atoms with van der Waals surface area (Å²) in [5, 5.41) is 5.28. The molecular formula is C14H20N4O2. The molecule has 1 fully saturated rings. The van der Waals surface area contributed by atoms with Gasteiger partial charge in [0, 0.05) is 18.7 Å². The van der Waals surface area contributed by atoms with Gasteiger partial charge >= 0.3 is 0 Å². The fraction of sp³-hybridized carbons (Fsp3) is 0.500. The van der Waals surface area contributed by atoms with Crippen LogP contribution < -0.4 is 16.4 Å². The highest BCUT2D eigenvalue weighted by molar-refractivity contribution is 5.94. The molecule has 1 aromatic rings. The fourth-order valence-electron chi connectivity index (χ4n) is 2.45. The van der Waals surface area contributed by atoms with Crippen LogP contribution in [0.5, 0.6) is 0 Å². The van der Waals surface area contributed by atoms with Crippen LogP contribution in [0, 0.1) is 5.92 Å². The quantitative estimate of drug-likeness (QED) is 0.735. The molecule has 0 unspecified atom stereocenters. The molecule has 1 aromatic heterocycles. The van der Waals surface area contributed by atoms with Gasteiger partial charge in [-0.15, -0.1) is 0 Å². The second-order valence-electron chi connectivity index (χ2n) is 5.13. The molecule has 2 atom stereocenters. The minimum atomic E-state index is -0.262. The number of carbonyl (C=O) groups is 2. The first-order valence-corrected chi connectivity index (χ1v) is 6.87. The van der Waals surface area contributed by atoms with E-state index >= 15 is 0 Å². The molecule has 1 saturated carbocycles. The zero-order chi connectivity index (χ0) is 14.4. The lowest BCUT2D eigenvalue weighted by Crippen LogP contribution is -2.36. The van der Waals surface area contributed by atoms with Crippen LogP contribution in [0.1, 0.15) is 25.7 Å². The Morgan fingerprint density at radius 3 is 2.85 bits per heavy atom. The summed E-state index contributed by atoms with van der Waals surface area (Å²) in [6.07, 6.45) is 6.65. The molecule has 0 radical (unpaired) electrons. The van der Waals surface area contributed by atoms with Gasteiger partial charge in [0.15, 0.2) is 0 Å². The number of hydrogen-bond donors (Lipinski definition) is 3. The molecule has 0 saturated heterocycles. The Hall–Kier alpha value is -1.95. The van der Waals surface area contributed by atoms with Crippen LogP contribution in [0.2, 0.25) is 0 Å². The van der Waals surface area contributed by atoms with Gasteiger partial charge in [0.1, 0.15) is 0 Å². The van der Waals surface area contributed by atoms with E-state index in [0.717, 1.165) is 19.3 Å². The molecule has 4 N–H and O–H groups in total. The summed E-state index contributed by atoms with van der Waals surface area (Å²) in [4.78, 5) is 27.3. The topological polar surface area (TPSA) is 97.1 Å². The van der Waals surface area contributed by atoms with Crippen LogP contribution >= 0.6 is 0 Å². The monoisotopic (exact) mass is 276 g/mol. The predicted octanol–water partition coefficient (Wildman–Crippen LogP) is 0.654. The normalized spacial score (nSPS) is 21.4. The zero-order valence-corrected chi connectivity index (χ0v) is 11.3. The lowest BCUT2D eigenvalue weighted by atomic mass is 10.00.